The number of rotatable bonds is 3. The average molecular weight is 304 g/mol. The van der Waals surface area contributed by atoms with Crippen LogP contribution in [0.25, 0.3) is 0 Å². The Balaban J connectivity index is 1.89. The van der Waals surface area contributed by atoms with Crippen molar-refractivity contribution in [2.75, 3.05) is 38.2 Å². The Labute approximate surface area is 116 Å². The molecule has 2 heterocycles. The minimum atomic E-state index is -3.16. The largest absolute Gasteiger partial charge is 0.375 e. The van der Waals surface area contributed by atoms with Gasteiger partial charge >= 0.3 is 0 Å². The Morgan fingerprint density at radius 3 is 2.53 bits per heavy atom. The van der Waals surface area contributed by atoms with Crippen molar-refractivity contribution < 1.29 is 13.2 Å². The SMILES string of the molecule is CS(=O)(=O)N1CCN(C(=O)Cc2csc(N)n2)CC1. The van der Waals surface area contributed by atoms with Gasteiger partial charge in [-0.15, -0.1) is 11.3 Å². The molecule has 1 saturated heterocycles. The topological polar surface area (TPSA) is 96.6 Å². The second-order valence-corrected chi connectivity index (χ2v) is 7.27. The van der Waals surface area contributed by atoms with Crippen LogP contribution in [0.2, 0.25) is 0 Å². The molecule has 1 aromatic rings. The molecule has 0 bridgehead atoms. The van der Waals surface area contributed by atoms with Gasteiger partial charge in [0.1, 0.15) is 0 Å². The van der Waals surface area contributed by atoms with E-state index in [0.29, 0.717) is 37.0 Å². The summed E-state index contributed by atoms with van der Waals surface area (Å²) in [5.41, 5.74) is 6.17. The van der Waals surface area contributed by atoms with E-state index in [1.54, 1.807) is 10.3 Å². The van der Waals surface area contributed by atoms with Crippen LogP contribution in [-0.2, 0) is 21.2 Å². The molecule has 1 amide bonds. The van der Waals surface area contributed by atoms with E-state index >= 15 is 0 Å². The summed E-state index contributed by atoms with van der Waals surface area (Å²) in [4.78, 5) is 17.7. The van der Waals surface area contributed by atoms with E-state index in [1.165, 1.54) is 21.9 Å². The molecular weight excluding hydrogens is 288 g/mol. The molecule has 2 N–H and O–H groups in total. The maximum Gasteiger partial charge on any atom is 0.228 e. The van der Waals surface area contributed by atoms with Gasteiger partial charge in [0.15, 0.2) is 5.13 Å². The number of amides is 1. The summed E-state index contributed by atoms with van der Waals surface area (Å²) in [5.74, 6) is -0.0431. The van der Waals surface area contributed by atoms with Crippen LogP contribution >= 0.6 is 11.3 Å². The van der Waals surface area contributed by atoms with E-state index in [-0.39, 0.29) is 12.3 Å². The molecule has 0 aliphatic carbocycles. The van der Waals surface area contributed by atoms with Gasteiger partial charge in [-0.25, -0.2) is 13.4 Å². The molecule has 0 spiro atoms. The third-order valence-corrected chi connectivity index (χ3v) is 4.99. The first-order valence-electron chi connectivity index (χ1n) is 5.79. The van der Waals surface area contributed by atoms with Gasteiger partial charge in [0.25, 0.3) is 0 Å². The van der Waals surface area contributed by atoms with Crippen molar-refractivity contribution in [2.45, 2.75) is 6.42 Å². The van der Waals surface area contributed by atoms with Gasteiger partial charge in [-0.2, -0.15) is 4.31 Å². The van der Waals surface area contributed by atoms with Crippen molar-refractivity contribution in [3.63, 3.8) is 0 Å². The number of nitrogen functional groups attached to an aromatic ring is 1. The Bertz CT molecular complexity index is 561. The molecule has 0 atom stereocenters. The zero-order chi connectivity index (χ0) is 14.0. The van der Waals surface area contributed by atoms with Crippen LogP contribution < -0.4 is 5.73 Å². The van der Waals surface area contributed by atoms with E-state index in [9.17, 15) is 13.2 Å². The van der Waals surface area contributed by atoms with Gasteiger partial charge in [-0.05, 0) is 0 Å². The maximum atomic E-state index is 12.0. The number of sulfonamides is 1. The number of hydrogen-bond donors (Lipinski definition) is 1. The fraction of sp³-hybridized carbons (Fsp3) is 0.600. The van der Waals surface area contributed by atoms with Gasteiger partial charge in [-0.3, -0.25) is 4.79 Å². The minimum absolute atomic E-state index is 0.0431. The molecule has 0 saturated carbocycles. The summed E-state index contributed by atoms with van der Waals surface area (Å²) >= 11 is 1.31. The molecule has 106 valence electrons. The lowest BCUT2D eigenvalue weighted by Gasteiger charge is -2.33. The van der Waals surface area contributed by atoms with Crippen molar-refractivity contribution in [1.82, 2.24) is 14.2 Å². The van der Waals surface area contributed by atoms with Crippen LogP contribution in [0.5, 0.6) is 0 Å². The maximum absolute atomic E-state index is 12.0. The first-order chi connectivity index (χ1) is 8.86. The highest BCUT2D eigenvalue weighted by Crippen LogP contribution is 2.13. The molecule has 1 aliphatic heterocycles. The quantitative estimate of drug-likeness (QED) is 0.802. The third kappa shape index (κ3) is 3.64. The van der Waals surface area contributed by atoms with Gasteiger partial charge in [-0.1, -0.05) is 0 Å². The van der Waals surface area contributed by atoms with Crippen LogP contribution in [0.4, 0.5) is 5.13 Å². The third-order valence-electron chi connectivity index (χ3n) is 2.96. The fourth-order valence-electron chi connectivity index (χ4n) is 1.94. The number of thiazole rings is 1. The van der Waals surface area contributed by atoms with Crippen molar-refractivity contribution in [1.29, 1.82) is 0 Å². The highest BCUT2D eigenvalue weighted by Gasteiger charge is 2.26. The van der Waals surface area contributed by atoms with Crippen molar-refractivity contribution in [3.05, 3.63) is 11.1 Å². The molecule has 2 rings (SSSR count). The minimum Gasteiger partial charge on any atom is -0.375 e. The van der Waals surface area contributed by atoms with Gasteiger partial charge in [0, 0.05) is 31.6 Å². The normalized spacial score (nSPS) is 17.6. The highest BCUT2D eigenvalue weighted by atomic mass is 32.2. The molecular formula is C10H16N4O3S2. The smallest absolute Gasteiger partial charge is 0.228 e. The number of carbonyl (C=O) groups excluding carboxylic acids is 1. The molecule has 1 aliphatic rings. The van der Waals surface area contributed by atoms with Crippen LogP contribution in [0.1, 0.15) is 5.69 Å². The number of carbonyl (C=O) groups is 1. The predicted octanol–water partition coefficient (Wildman–Crippen LogP) is -0.628. The number of nitrogens with two attached hydrogens (primary N) is 1. The molecule has 19 heavy (non-hydrogen) atoms. The van der Waals surface area contributed by atoms with Crippen LogP contribution in [0.15, 0.2) is 5.38 Å². The monoisotopic (exact) mass is 304 g/mol. The van der Waals surface area contributed by atoms with E-state index in [2.05, 4.69) is 4.98 Å². The summed E-state index contributed by atoms with van der Waals surface area (Å²) in [5, 5.41) is 2.21. The zero-order valence-corrected chi connectivity index (χ0v) is 12.2. The Kier molecular flexibility index (Phi) is 4.07. The Morgan fingerprint density at radius 1 is 1.42 bits per heavy atom. The molecule has 1 fully saturated rings. The molecule has 0 unspecified atom stereocenters. The summed E-state index contributed by atoms with van der Waals surface area (Å²) in [6.45, 7) is 1.55. The second kappa shape index (κ2) is 5.43. The lowest BCUT2D eigenvalue weighted by atomic mass is 10.2. The van der Waals surface area contributed by atoms with Crippen LogP contribution in [0.3, 0.4) is 0 Å². The van der Waals surface area contributed by atoms with E-state index in [0.717, 1.165) is 0 Å². The van der Waals surface area contributed by atoms with Crippen LogP contribution in [0, 0.1) is 0 Å². The predicted molar refractivity (Wildman–Crippen MR) is 73.2 cm³/mol. The van der Waals surface area contributed by atoms with Crippen molar-refractivity contribution >= 4 is 32.4 Å². The number of piperazine rings is 1. The first-order valence-corrected chi connectivity index (χ1v) is 8.52. The molecule has 9 heteroatoms. The zero-order valence-electron chi connectivity index (χ0n) is 10.6. The summed E-state index contributed by atoms with van der Waals surface area (Å²) in [6.07, 6.45) is 1.40. The summed E-state index contributed by atoms with van der Waals surface area (Å²) in [6, 6.07) is 0. The van der Waals surface area contributed by atoms with E-state index in [4.69, 9.17) is 5.73 Å². The Morgan fingerprint density at radius 2 is 2.05 bits per heavy atom. The molecule has 1 aromatic heterocycles. The lowest BCUT2D eigenvalue weighted by molar-refractivity contribution is -0.131. The van der Waals surface area contributed by atoms with Crippen LogP contribution in [-0.4, -0.2) is 60.9 Å². The number of hydrogen-bond acceptors (Lipinski definition) is 6. The van der Waals surface area contributed by atoms with E-state index < -0.39 is 10.0 Å². The Hall–Kier alpha value is -1.19. The lowest BCUT2D eigenvalue weighted by Crippen LogP contribution is -2.50. The van der Waals surface area contributed by atoms with Gasteiger partial charge in [0.05, 0.1) is 18.4 Å². The van der Waals surface area contributed by atoms with Gasteiger partial charge < -0.3 is 10.6 Å². The molecule has 0 radical (unpaired) electrons. The fourth-order valence-corrected chi connectivity index (χ4v) is 3.33. The number of nitrogens with zero attached hydrogens (tertiary/aromatic N) is 3. The second-order valence-electron chi connectivity index (χ2n) is 4.40. The average Bonchev–Trinajstić information content (AvgIpc) is 2.74. The van der Waals surface area contributed by atoms with Gasteiger partial charge in [0.2, 0.25) is 15.9 Å². The van der Waals surface area contributed by atoms with Crippen molar-refractivity contribution in [3.8, 4) is 0 Å². The standard InChI is InChI=1S/C10H16N4O3S2/c1-19(16,17)14-4-2-13(3-5-14)9(15)6-8-7-18-10(11)12-8/h7H,2-6H2,1H3,(H2,11,12). The highest BCUT2D eigenvalue weighted by molar-refractivity contribution is 7.88. The molecule has 0 aromatic carbocycles. The summed E-state index contributed by atoms with van der Waals surface area (Å²) in [7, 11) is -3.16. The molecule has 7 nitrogen and oxygen atoms in total. The number of anilines is 1. The first kappa shape index (κ1) is 14.2. The van der Waals surface area contributed by atoms with E-state index in [1.807, 2.05) is 0 Å². The van der Waals surface area contributed by atoms with Crippen molar-refractivity contribution in [2.24, 2.45) is 0 Å². The number of aromatic nitrogens is 1. The summed E-state index contributed by atoms with van der Waals surface area (Å²) < 4.78 is 24.1.